The maximum Gasteiger partial charge on any atom is 0.216 e. The largest absolute Gasteiger partial charge is 0.356 e. The Kier molecular flexibility index (Phi) is 4.50. The Morgan fingerprint density at radius 2 is 2.16 bits per heavy atom. The Morgan fingerprint density at radius 3 is 2.89 bits per heavy atom. The van der Waals surface area contributed by atoms with Gasteiger partial charge < -0.3 is 5.32 Å². The van der Waals surface area contributed by atoms with Crippen molar-refractivity contribution in [2.24, 2.45) is 0 Å². The second kappa shape index (κ2) is 6.54. The number of nitrogens with one attached hydrogen (secondary N) is 1. The number of rotatable bonds is 5. The van der Waals surface area contributed by atoms with Crippen LogP contribution in [0.2, 0.25) is 0 Å². The summed E-state index contributed by atoms with van der Waals surface area (Å²) in [6, 6.07) is 9.98. The molecule has 1 aromatic heterocycles. The van der Waals surface area contributed by atoms with Crippen molar-refractivity contribution in [2.45, 2.75) is 13.3 Å². The number of amides is 1. The number of nitrogens with zero attached hydrogens (tertiary/aromatic N) is 2. The molecule has 0 radical (unpaired) electrons. The second-order valence-corrected chi connectivity index (χ2v) is 4.23. The summed E-state index contributed by atoms with van der Waals surface area (Å²) in [4.78, 5) is 10.7. The zero-order chi connectivity index (χ0) is 13.5. The molecule has 0 aliphatic rings. The summed E-state index contributed by atoms with van der Waals surface area (Å²) >= 11 is 0. The van der Waals surface area contributed by atoms with Crippen LogP contribution in [0.3, 0.4) is 0 Å². The van der Waals surface area contributed by atoms with Crippen LogP contribution in [0.1, 0.15) is 18.9 Å². The predicted octanol–water partition coefficient (Wildman–Crippen LogP) is 2.41. The molecule has 19 heavy (non-hydrogen) atoms. The average Bonchev–Trinajstić information content (AvgIpc) is 2.88. The van der Waals surface area contributed by atoms with Crippen molar-refractivity contribution in [2.75, 3.05) is 6.54 Å². The number of para-hydroxylation sites is 1. The molecule has 1 amide bonds. The molecule has 0 saturated heterocycles. The topological polar surface area (TPSA) is 46.9 Å². The van der Waals surface area contributed by atoms with E-state index in [1.165, 1.54) is 6.92 Å². The van der Waals surface area contributed by atoms with Gasteiger partial charge in [-0.1, -0.05) is 30.4 Å². The average molecular weight is 255 g/mol. The van der Waals surface area contributed by atoms with E-state index in [-0.39, 0.29) is 5.91 Å². The number of benzene rings is 1. The highest BCUT2D eigenvalue weighted by Crippen LogP contribution is 2.08. The highest BCUT2D eigenvalue weighted by molar-refractivity contribution is 5.72. The summed E-state index contributed by atoms with van der Waals surface area (Å²) in [5.74, 6) is 0.00490. The minimum Gasteiger partial charge on any atom is -0.356 e. The zero-order valence-corrected chi connectivity index (χ0v) is 10.9. The van der Waals surface area contributed by atoms with E-state index in [0.717, 1.165) is 17.7 Å². The van der Waals surface area contributed by atoms with E-state index < -0.39 is 0 Å². The number of aromatic nitrogens is 2. The second-order valence-electron chi connectivity index (χ2n) is 4.23. The van der Waals surface area contributed by atoms with Crippen molar-refractivity contribution in [3.63, 3.8) is 0 Å². The summed E-state index contributed by atoms with van der Waals surface area (Å²) in [6.07, 6.45) is 8.65. The van der Waals surface area contributed by atoms with Gasteiger partial charge in [0, 0.05) is 25.2 Å². The van der Waals surface area contributed by atoms with Gasteiger partial charge in [-0.3, -0.25) is 4.79 Å². The highest BCUT2D eigenvalue weighted by Gasteiger charge is 1.97. The fourth-order valence-electron chi connectivity index (χ4n) is 1.70. The number of carbonyl (C=O) groups excluding carboxylic acids is 1. The van der Waals surface area contributed by atoms with Crippen molar-refractivity contribution < 1.29 is 4.79 Å². The molecule has 2 rings (SSSR count). The van der Waals surface area contributed by atoms with Crippen LogP contribution in [0, 0.1) is 0 Å². The molecular weight excluding hydrogens is 238 g/mol. The van der Waals surface area contributed by atoms with Gasteiger partial charge in [-0.15, -0.1) is 0 Å². The van der Waals surface area contributed by atoms with Crippen LogP contribution in [-0.4, -0.2) is 22.2 Å². The summed E-state index contributed by atoms with van der Waals surface area (Å²) in [5.41, 5.74) is 2.09. The Bertz CT molecular complexity index is 558. The molecule has 0 bridgehead atoms. The standard InChI is InChI=1S/C15H17N3O/c1-13(19)16-10-6-5-7-14-11-17-18(12-14)15-8-3-2-4-9-15/h2-5,7-9,11-12H,6,10H2,1H3,(H,16,19). The van der Waals surface area contributed by atoms with Crippen LogP contribution in [0.5, 0.6) is 0 Å². The van der Waals surface area contributed by atoms with Crippen molar-refractivity contribution >= 4 is 12.0 Å². The highest BCUT2D eigenvalue weighted by atomic mass is 16.1. The fraction of sp³-hybridized carbons (Fsp3) is 0.200. The molecule has 0 aliphatic heterocycles. The van der Waals surface area contributed by atoms with Gasteiger partial charge in [-0.25, -0.2) is 4.68 Å². The number of hydrogen-bond donors (Lipinski definition) is 1. The van der Waals surface area contributed by atoms with E-state index in [9.17, 15) is 4.79 Å². The van der Waals surface area contributed by atoms with E-state index in [4.69, 9.17) is 0 Å². The zero-order valence-electron chi connectivity index (χ0n) is 10.9. The first-order valence-corrected chi connectivity index (χ1v) is 6.27. The van der Waals surface area contributed by atoms with Crippen LogP contribution in [0.4, 0.5) is 0 Å². The normalized spacial score (nSPS) is 10.8. The van der Waals surface area contributed by atoms with Crippen LogP contribution in [-0.2, 0) is 4.79 Å². The SMILES string of the molecule is CC(=O)NCCC=Cc1cnn(-c2ccccc2)c1. The van der Waals surface area contributed by atoms with Crippen LogP contribution in [0.15, 0.2) is 48.8 Å². The third-order valence-corrected chi connectivity index (χ3v) is 2.62. The molecule has 0 saturated carbocycles. The molecule has 1 heterocycles. The smallest absolute Gasteiger partial charge is 0.216 e. The maximum atomic E-state index is 10.7. The molecular formula is C15H17N3O. The lowest BCUT2D eigenvalue weighted by molar-refractivity contribution is -0.118. The van der Waals surface area contributed by atoms with Crippen molar-refractivity contribution in [1.82, 2.24) is 15.1 Å². The first kappa shape index (κ1) is 13.1. The van der Waals surface area contributed by atoms with Crippen molar-refractivity contribution in [1.29, 1.82) is 0 Å². The Labute approximate surface area is 112 Å². The van der Waals surface area contributed by atoms with E-state index in [2.05, 4.69) is 10.4 Å². The van der Waals surface area contributed by atoms with Gasteiger partial charge in [0.2, 0.25) is 5.91 Å². The van der Waals surface area contributed by atoms with Gasteiger partial charge in [0.15, 0.2) is 0 Å². The van der Waals surface area contributed by atoms with Gasteiger partial charge in [0.25, 0.3) is 0 Å². The lowest BCUT2D eigenvalue weighted by atomic mass is 10.3. The summed E-state index contributed by atoms with van der Waals surface area (Å²) in [5, 5.41) is 7.06. The molecule has 4 heteroatoms. The lowest BCUT2D eigenvalue weighted by Gasteiger charge is -1.98. The van der Waals surface area contributed by atoms with Crippen LogP contribution < -0.4 is 5.32 Å². The van der Waals surface area contributed by atoms with E-state index in [1.807, 2.05) is 59.6 Å². The van der Waals surface area contributed by atoms with Crippen molar-refractivity contribution in [3.8, 4) is 5.69 Å². The van der Waals surface area contributed by atoms with Gasteiger partial charge in [0.05, 0.1) is 11.9 Å². The van der Waals surface area contributed by atoms with Crippen molar-refractivity contribution in [3.05, 3.63) is 54.4 Å². The van der Waals surface area contributed by atoms with Gasteiger partial charge in [0.1, 0.15) is 0 Å². The molecule has 0 atom stereocenters. The molecule has 2 aromatic rings. The third kappa shape index (κ3) is 4.10. The molecule has 98 valence electrons. The molecule has 0 unspecified atom stereocenters. The molecule has 0 fully saturated rings. The molecule has 0 spiro atoms. The van der Waals surface area contributed by atoms with Gasteiger partial charge in [-0.2, -0.15) is 5.10 Å². The Hall–Kier alpha value is -2.36. The third-order valence-electron chi connectivity index (χ3n) is 2.62. The number of carbonyl (C=O) groups is 1. The minimum absolute atomic E-state index is 0.00490. The molecule has 1 aromatic carbocycles. The molecule has 4 nitrogen and oxygen atoms in total. The molecule has 1 N–H and O–H groups in total. The monoisotopic (exact) mass is 255 g/mol. The quantitative estimate of drug-likeness (QED) is 0.834. The number of hydrogen-bond acceptors (Lipinski definition) is 2. The minimum atomic E-state index is 0.00490. The lowest BCUT2D eigenvalue weighted by Crippen LogP contribution is -2.20. The summed E-state index contributed by atoms with van der Waals surface area (Å²) in [7, 11) is 0. The predicted molar refractivity (Wildman–Crippen MR) is 75.9 cm³/mol. The van der Waals surface area contributed by atoms with E-state index >= 15 is 0 Å². The summed E-state index contributed by atoms with van der Waals surface area (Å²) < 4.78 is 1.84. The first-order valence-electron chi connectivity index (χ1n) is 6.27. The maximum absolute atomic E-state index is 10.7. The van der Waals surface area contributed by atoms with E-state index in [1.54, 1.807) is 0 Å². The van der Waals surface area contributed by atoms with E-state index in [0.29, 0.717) is 6.54 Å². The van der Waals surface area contributed by atoms with Gasteiger partial charge >= 0.3 is 0 Å². The summed E-state index contributed by atoms with van der Waals surface area (Å²) in [6.45, 7) is 2.19. The van der Waals surface area contributed by atoms with Gasteiger partial charge in [-0.05, 0) is 18.6 Å². The van der Waals surface area contributed by atoms with Crippen LogP contribution >= 0.6 is 0 Å². The first-order chi connectivity index (χ1) is 9.25. The Balaban J connectivity index is 1.91. The Morgan fingerprint density at radius 1 is 1.37 bits per heavy atom. The molecule has 0 aliphatic carbocycles. The fourth-order valence-corrected chi connectivity index (χ4v) is 1.70. The van der Waals surface area contributed by atoms with Crippen LogP contribution in [0.25, 0.3) is 11.8 Å².